The predicted molar refractivity (Wildman–Crippen MR) is 138 cm³/mol. The van der Waals surface area contributed by atoms with Crippen molar-refractivity contribution in [2.45, 2.75) is 93.9 Å². The molecule has 1 aliphatic heterocycles. The quantitative estimate of drug-likeness (QED) is 0.301. The molecule has 0 radical (unpaired) electrons. The third kappa shape index (κ3) is 7.33. The van der Waals surface area contributed by atoms with Crippen LogP contribution in [0.1, 0.15) is 100 Å². The molecule has 1 aliphatic rings. The van der Waals surface area contributed by atoms with Crippen molar-refractivity contribution in [2.24, 2.45) is 10.8 Å². The van der Waals surface area contributed by atoms with Crippen molar-refractivity contribution < 1.29 is 4.42 Å². The maximum absolute atomic E-state index is 6.28. The Labute approximate surface area is 198 Å². The molecule has 2 heteroatoms. The van der Waals surface area contributed by atoms with Gasteiger partial charge in [-0.2, -0.15) is 0 Å². The fourth-order valence-corrected chi connectivity index (χ4v) is 5.58. The van der Waals surface area contributed by atoms with Crippen LogP contribution in [-0.2, 0) is 10.8 Å². The van der Waals surface area contributed by atoms with E-state index in [-0.39, 0.29) is 21.7 Å². The van der Waals surface area contributed by atoms with Crippen molar-refractivity contribution in [3.8, 4) is 0 Å². The van der Waals surface area contributed by atoms with E-state index < -0.39 is 0 Å². The molecule has 1 nitrogen and oxygen atoms in total. The van der Waals surface area contributed by atoms with Gasteiger partial charge >= 0.3 is 198 Å². The van der Waals surface area contributed by atoms with Gasteiger partial charge in [0.05, 0.1) is 0 Å². The molecular weight excluding hydrogens is 443 g/mol. The van der Waals surface area contributed by atoms with Crippen LogP contribution in [0.15, 0.2) is 55.4 Å². The monoisotopic (exact) mass is 487 g/mol. The van der Waals surface area contributed by atoms with Crippen molar-refractivity contribution >= 4 is 21.0 Å². The van der Waals surface area contributed by atoms with Gasteiger partial charge in [-0.15, -0.1) is 0 Å². The molecular formula is C29H43OSe+. The van der Waals surface area contributed by atoms with Gasteiger partial charge in [0.1, 0.15) is 0 Å². The van der Waals surface area contributed by atoms with Crippen LogP contribution in [0, 0.1) is 10.8 Å². The third-order valence-electron chi connectivity index (χ3n) is 5.17. The summed E-state index contributed by atoms with van der Waals surface area (Å²) in [4.78, 5) is 0. The second kappa shape index (κ2) is 8.87. The average molecular weight is 487 g/mol. The summed E-state index contributed by atoms with van der Waals surface area (Å²) in [6.07, 6.45) is 11.5. The first-order valence-corrected chi connectivity index (χ1v) is 13.1. The molecule has 0 unspecified atom stereocenters. The molecule has 0 bridgehead atoms. The maximum atomic E-state index is 6.28. The van der Waals surface area contributed by atoms with E-state index in [0.717, 1.165) is 11.5 Å². The van der Waals surface area contributed by atoms with Gasteiger partial charge < -0.3 is 0 Å². The minimum atomic E-state index is -0.0253. The molecule has 1 aromatic heterocycles. The molecule has 0 spiro atoms. The number of rotatable bonds is 2. The number of hydrogen-bond acceptors (Lipinski definition) is 0. The Morgan fingerprint density at radius 3 is 1.42 bits per heavy atom. The third-order valence-corrected chi connectivity index (χ3v) is 9.15. The zero-order chi connectivity index (χ0) is 23.8. The van der Waals surface area contributed by atoms with E-state index in [4.69, 9.17) is 4.42 Å². The molecule has 0 amide bonds. The summed E-state index contributed by atoms with van der Waals surface area (Å²) in [5, 5.41) is 0. The molecule has 2 rings (SSSR count). The fraction of sp³-hybridized carbons (Fsp3) is 0.552. The summed E-state index contributed by atoms with van der Waals surface area (Å²) >= 11 is 0.418. The van der Waals surface area contributed by atoms with Gasteiger partial charge in [-0.25, -0.2) is 0 Å². The molecule has 1 aromatic rings. The number of allylic oxidation sites excluding steroid dienone is 7. The average Bonchev–Trinajstić information content (AvgIpc) is 2.58. The molecule has 0 fully saturated rings. The van der Waals surface area contributed by atoms with Crippen LogP contribution in [0.25, 0.3) is 6.08 Å². The topological polar surface area (TPSA) is 11.3 Å². The summed E-state index contributed by atoms with van der Waals surface area (Å²) in [5.41, 5.74) is 2.85. The summed E-state index contributed by atoms with van der Waals surface area (Å²) in [6, 6.07) is 4.36. The van der Waals surface area contributed by atoms with Gasteiger partial charge in [0.15, 0.2) is 0 Å². The van der Waals surface area contributed by atoms with E-state index in [0.29, 0.717) is 15.0 Å². The van der Waals surface area contributed by atoms with Gasteiger partial charge in [0.2, 0.25) is 0 Å². The summed E-state index contributed by atoms with van der Waals surface area (Å²) in [5.74, 6) is 2.05. The van der Waals surface area contributed by atoms with Gasteiger partial charge in [-0.05, 0) is 0 Å². The Kier molecular flexibility index (Phi) is 7.41. The normalized spacial score (nSPS) is 16.5. The molecule has 0 saturated carbocycles. The van der Waals surface area contributed by atoms with Crippen LogP contribution in [0.4, 0.5) is 0 Å². The van der Waals surface area contributed by atoms with E-state index >= 15 is 0 Å². The molecule has 0 aromatic carbocycles. The van der Waals surface area contributed by atoms with Gasteiger partial charge in [-0.3, -0.25) is 0 Å². The van der Waals surface area contributed by atoms with Crippen LogP contribution in [-0.4, -0.2) is 15.0 Å². The van der Waals surface area contributed by atoms with E-state index in [2.05, 4.69) is 126 Å². The van der Waals surface area contributed by atoms with E-state index in [9.17, 15) is 0 Å². The van der Waals surface area contributed by atoms with Crippen LogP contribution in [0.5, 0.6) is 0 Å². The van der Waals surface area contributed by atoms with E-state index in [1.807, 2.05) is 0 Å². The predicted octanol–water partition coefficient (Wildman–Crippen LogP) is 8.67. The van der Waals surface area contributed by atoms with E-state index in [1.165, 1.54) is 11.1 Å². The van der Waals surface area contributed by atoms with Crippen LogP contribution in [0.3, 0.4) is 0 Å². The van der Waals surface area contributed by atoms with Crippen molar-refractivity contribution in [3.63, 3.8) is 0 Å². The number of hydrogen-bond donors (Lipinski definition) is 0. The Balaban J connectivity index is 2.47. The summed E-state index contributed by atoms with van der Waals surface area (Å²) in [6.45, 7) is 27.2. The van der Waals surface area contributed by atoms with Crippen LogP contribution in [0.2, 0.25) is 0 Å². The zero-order valence-electron chi connectivity index (χ0n) is 21.9. The molecule has 0 N–H and O–H groups in total. The Morgan fingerprint density at radius 2 is 1.06 bits per heavy atom. The Bertz CT molecular complexity index is 863. The van der Waals surface area contributed by atoms with Gasteiger partial charge in [-0.1, -0.05) is 0 Å². The minimum absolute atomic E-state index is 0.0253. The summed E-state index contributed by atoms with van der Waals surface area (Å²) < 4.78 is 9.41. The van der Waals surface area contributed by atoms with Gasteiger partial charge in [0, 0.05) is 0 Å². The van der Waals surface area contributed by atoms with Crippen molar-refractivity contribution in [1.82, 2.24) is 0 Å². The summed E-state index contributed by atoms with van der Waals surface area (Å²) in [7, 11) is 0. The molecule has 0 saturated heterocycles. The standard InChI is InChI=1S/C29H43OSe/c1-26(2,3)22-16-20(17-23(30-22)27(4,5)6)14-13-15-21-18-24(28(7,8)9)31-25(19-21)29(10,11)12/h13-19H,1-12H3/q+1. The first-order chi connectivity index (χ1) is 13.9. The second-order valence-corrected chi connectivity index (χ2v) is 15.0. The molecule has 170 valence electrons. The van der Waals surface area contributed by atoms with Crippen molar-refractivity contribution in [3.05, 3.63) is 68.0 Å². The van der Waals surface area contributed by atoms with Crippen LogP contribution < -0.4 is 0 Å². The SMILES string of the molecule is CC(C)(C)C1=CC(=CC=Cc2cc(C(C)(C)C)[o+]c(C(C)(C)C)c2)C=C(C(C)(C)C)[Se]1. The van der Waals surface area contributed by atoms with Crippen LogP contribution >= 0.6 is 0 Å². The Morgan fingerprint density at radius 1 is 0.645 bits per heavy atom. The first kappa shape index (κ1) is 25.9. The molecule has 31 heavy (non-hydrogen) atoms. The van der Waals surface area contributed by atoms with E-state index in [1.54, 1.807) is 8.94 Å². The zero-order valence-corrected chi connectivity index (χ0v) is 23.6. The Hall–Kier alpha value is -1.37. The van der Waals surface area contributed by atoms with Crippen molar-refractivity contribution in [1.29, 1.82) is 0 Å². The second-order valence-electron chi connectivity index (χ2n) is 12.8. The fourth-order valence-electron chi connectivity index (χ4n) is 2.98. The molecule has 0 atom stereocenters. The molecule has 2 heterocycles. The van der Waals surface area contributed by atoms with Crippen molar-refractivity contribution in [2.75, 3.05) is 0 Å². The van der Waals surface area contributed by atoms with Gasteiger partial charge in [0.25, 0.3) is 0 Å². The first-order valence-electron chi connectivity index (χ1n) is 11.4. The molecule has 0 aliphatic carbocycles.